The van der Waals surface area contributed by atoms with Crippen LogP contribution in [0.15, 0.2) is 53.3 Å². The van der Waals surface area contributed by atoms with Gasteiger partial charge >= 0.3 is 0 Å². The number of halogens is 3. The largest absolute Gasteiger partial charge is 0.293 e. The number of H-pyrrole nitrogens is 1. The van der Waals surface area contributed by atoms with Crippen LogP contribution in [0.25, 0.3) is 28.0 Å². The van der Waals surface area contributed by atoms with Crippen LogP contribution in [0.5, 0.6) is 0 Å². The Labute approximate surface area is 151 Å². The first-order chi connectivity index (χ1) is 12.4. The SMILES string of the molecule is Cc1[nH]n2c(=O)cc(-c3ccc(F)c(F)c3)nc2c1-c1ccc(Cl)cc1. The third-order valence-electron chi connectivity index (χ3n) is 4.15. The molecule has 0 saturated heterocycles. The normalized spacial score (nSPS) is 11.2. The van der Waals surface area contributed by atoms with Crippen molar-refractivity contribution in [2.45, 2.75) is 6.92 Å². The standard InChI is InChI=1S/C19H12ClF2N3O/c1-10-18(11-2-5-13(20)6-3-11)19-23-16(9-17(26)25(19)24-10)12-4-7-14(21)15(22)8-12/h2-9,24H,1H3. The van der Waals surface area contributed by atoms with Gasteiger partial charge in [0.15, 0.2) is 17.3 Å². The maximum atomic E-state index is 13.6. The van der Waals surface area contributed by atoms with Gasteiger partial charge in [-0.25, -0.2) is 18.3 Å². The van der Waals surface area contributed by atoms with Gasteiger partial charge in [-0.15, -0.1) is 0 Å². The van der Waals surface area contributed by atoms with Crippen LogP contribution in [0.3, 0.4) is 0 Å². The van der Waals surface area contributed by atoms with E-state index in [-0.39, 0.29) is 11.3 Å². The lowest BCUT2D eigenvalue weighted by Gasteiger charge is -2.04. The van der Waals surface area contributed by atoms with E-state index in [2.05, 4.69) is 10.1 Å². The molecule has 130 valence electrons. The predicted molar refractivity (Wildman–Crippen MR) is 96.3 cm³/mol. The van der Waals surface area contributed by atoms with Gasteiger partial charge in [0.25, 0.3) is 5.56 Å². The van der Waals surface area contributed by atoms with Crippen LogP contribution in [-0.2, 0) is 0 Å². The second kappa shape index (κ2) is 6.07. The summed E-state index contributed by atoms with van der Waals surface area (Å²) in [5.41, 5.74) is 2.96. The van der Waals surface area contributed by atoms with Crippen molar-refractivity contribution < 1.29 is 8.78 Å². The molecule has 4 aromatic rings. The minimum atomic E-state index is -0.993. The molecule has 0 spiro atoms. The molecule has 0 aliphatic rings. The zero-order valence-electron chi connectivity index (χ0n) is 13.6. The van der Waals surface area contributed by atoms with Crippen molar-refractivity contribution in [3.63, 3.8) is 0 Å². The first-order valence-corrected chi connectivity index (χ1v) is 8.15. The third kappa shape index (κ3) is 2.68. The Balaban J connectivity index is 1.98. The van der Waals surface area contributed by atoms with E-state index in [4.69, 9.17) is 11.6 Å². The van der Waals surface area contributed by atoms with Gasteiger partial charge in [0, 0.05) is 27.9 Å². The summed E-state index contributed by atoms with van der Waals surface area (Å²) in [5, 5.41) is 3.58. The Morgan fingerprint density at radius 1 is 1.00 bits per heavy atom. The Hall–Kier alpha value is -2.99. The van der Waals surface area contributed by atoms with E-state index in [1.54, 1.807) is 12.1 Å². The van der Waals surface area contributed by atoms with E-state index in [1.165, 1.54) is 16.6 Å². The van der Waals surface area contributed by atoms with Gasteiger partial charge in [0.2, 0.25) is 0 Å². The molecule has 26 heavy (non-hydrogen) atoms. The number of nitrogens with zero attached hydrogens (tertiary/aromatic N) is 2. The quantitative estimate of drug-likeness (QED) is 0.560. The van der Waals surface area contributed by atoms with Crippen molar-refractivity contribution in [3.05, 3.63) is 81.2 Å². The van der Waals surface area contributed by atoms with Crippen LogP contribution in [0, 0.1) is 18.6 Å². The topological polar surface area (TPSA) is 50.2 Å². The van der Waals surface area contributed by atoms with Crippen molar-refractivity contribution in [1.82, 2.24) is 14.6 Å². The summed E-state index contributed by atoms with van der Waals surface area (Å²) < 4.78 is 28.1. The number of aromatic amines is 1. The molecule has 4 rings (SSSR count). The van der Waals surface area contributed by atoms with Crippen LogP contribution in [0.1, 0.15) is 5.69 Å². The zero-order valence-corrected chi connectivity index (χ0v) is 14.3. The van der Waals surface area contributed by atoms with Crippen molar-refractivity contribution in [2.24, 2.45) is 0 Å². The van der Waals surface area contributed by atoms with Gasteiger partial charge < -0.3 is 0 Å². The lowest BCUT2D eigenvalue weighted by Crippen LogP contribution is -2.14. The van der Waals surface area contributed by atoms with Gasteiger partial charge in [-0.1, -0.05) is 23.7 Å². The van der Waals surface area contributed by atoms with Crippen molar-refractivity contribution in [2.75, 3.05) is 0 Å². The number of benzene rings is 2. The molecule has 0 aliphatic carbocycles. The highest BCUT2D eigenvalue weighted by molar-refractivity contribution is 6.30. The Kier molecular flexibility index (Phi) is 3.85. The highest BCUT2D eigenvalue weighted by Crippen LogP contribution is 2.29. The highest BCUT2D eigenvalue weighted by atomic mass is 35.5. The van der Waals surface area contributed by atoms with E-state index in [1.807, 2.05) is 19.1 Å². The molecule has 2 heterocycles. The number of fused-ring (bicyclic) bond motifs is 1. The van der Waals surface area contributed by atoms with Crippen molar-refractivity contribution >= 4 is 17.2 Å². The summed E-state index contributed by atoms with van der Waals surface area (Å²) in [6.07, 6.45) is 0. The van der Waals surface area contributed by atoms with E-state index in [0.29, 0.717) is 16.2 Å². The second-order valence-corrected chi connectivity index (χ2v) is 6.32. The first kappa shape index (κ1) is 16.5. The monoisotopic (exact) mass is 371 g/mol. The molecule has 0 amide bonds. The number of rotatable bonds is 2. The zero-order chi connectivity index (χ0) is 18.4. The fraction of sp³-hybridized carbons (Fsp3) is 0.0526. The summed E-state index contributed by atoms with van der Waals surface area (Å²) in [6.45, 7) is 1.83. The number of aromatic nitrogens is 3. The Morgan fingerprint density at radius 3 is 2.38 bits per heavy atom. The Morgan fingerprint density at radius 2 is 1.69 bits per heavy atom. The average molecular weight is 372 g/mol. The average Bonchev–Trinajstić information content (AvgIpc) is 2.95. The molecule has 0 radical (unpaired) electrons. The number of hydrogen-bond donors (Lipinski definition) is 1. The molecule has 7 heteroatoms. The van der Waals surface area contributed by atoms with Crippen LogP contribution in [0.2, 0.25) is 5.02 Å². The van der Waals surface area contributed by atoms with Crippen LogP contribution >= 0.6 is 11.6 Å². The smallest absolute Gasteiger partial charge is 0.273 e. The van der Waals surface area contributed by atoms with Crippen LogP contribution in [0.4, 0.5) is 8.78 Å². The van der Waals surface area contributed by atoms with E-state index >= 15 is 0 Å². The van der Waals surface area contributed by atoms with Gasteiger partial charge in [-0.2, -0.15) is 0 Å². The number of nitrogens with one attached hydrogen (secondary N) is 1. The van der Waals surface area contributed by atoms with Gasteiger partial charge in [-0.3, -0.25) is 9.89 Å². The van der Waals surface area contributed by atoms with E-state index < -0.39 is 11.6 Å². The summed E-state index contributed by atoms with van der Waals surface area (Å²) >= 11 is 5.94. The summed E-state index contributed by atoms with van der Waals surface area (Å²) in [5.74, 6) is -1.95. The Bertz CT molecular complexity index is 1200. The molecule has 0 atom stereocenters. The van der Waals surface area contributed by atoms with Crippen LogP contribution < -0.4 is 5.56 Å². The number of aryl methyl sites for hydroxylation is 1. The molecule has 2 aromatic heterocycles. The molecule has 0 bridgehead atoms. The summed E-state index contributed by atoms with van der Waals surface area (Å²) in [6, 6.07) is 11.9. The van der Waals surface area contributed by atoms with Crippen molar-refractivity contribution in [3.8, 4) is 22.4 Å². The molecular weight excluding hydrogens is 360 g/mol. The molecule has 0 aliphatic heterocycles. The highest BCUT2D eigenvalue weighted by Gasteiger charge is 2.16. The molecule has 0 saturated carbocycles. The van der Waals surface area contributed by atoms with E-state index in [9.17, 15) is 13.6 Å². The molecule has 4 nitrogen and oxygen atoms in total. The number of hydrogen-bond acceptors (Lipinski definition) is 2. The molecule has 0 unspecified atom stereocenters. The fourth-order valence-electron chi connectivity index (χ4n) is 2.91. The molecule has 2 aromatic carbocycles. The van der Waals surface area contributed by atoms with Gasteiger partial charge in [0.05, 0.1) is 5.69 Å². The van der Waals surface area contributed by atoms with Crippen LogP contribution in [-0.4, -0.2) is 14.6 Å². The first-order valence-electron chi connectivity index (χ1n) is 7.78. The van der Waals surface area contributed by atoms with Gasteiger partial charge in [0.1, 0.15) is 0 Å². The third-order valence-corrected chi connectivity index (χ3v) is 4.40. The second-order valence-electron chi connectivity index (χ2n) is 5.89. The maximum Gasteiger partial charge on any atom is 0.273 e. The molecule has 0 fully saturated rings. The maximum absolute atomic E-state index is 13.6. The minimum Gasteiger partial charge on any atom is -0.293 e. The fourth-order valence-corrected chi connectivity index (χ4v) is 3.04. The lowest BCUT2D eigenvalue weighted by atomic mass is 10.1. The minimum absolute atomic E-state index is 0.267. The predicted octanol–water partition coefficient (Wildman–Crippen LogP) is 4.60. The summed E-state index contributed by atoms with van der Waals surface area (Å²) in [7, 11) is 0. The molecular formula is C19H12ClF2N3O. The summed E-state index contributed by atoms with van der Waals surface area (Å²) in [4.78, 5) is 17.0. The van der Waals surface area contributed by atoms with Crippen molar-refractivity contribution in [1.29, 1.82) is 0 Å². The molecule has 1 N–H and O–H groups in total. The lowest BCUT2D eigenvalue weighted by molar-refractivity contribution is 0.509. The van der Waals surface area contributed by atoms with E-state index in [0.717, 1.165) is 29.0 Å². The van der Waals surface area contributed by atoms with Gasteiger partial charge in [-0.05, 0) is 42.8 Å².